The van der Waals surface area contributed by atoms with Crippen molar-refractivity contribution in [1.82, 2.24) is 10.2 Å². The Kier molecular flexibility index (Phi) is 9.57. The van der Waals surface area contributed by atoms with Crippen LogP contribution >= 0.6 is 23.2 Å². The molecule has 0 aromatic heterocycles. The van der Waals surface area contributed by atoms with Crippen molar-refractivity contribution in [3.8, 4) is 11.5 Å². The van der Waals surface area contributed by atoms with Gasteiger partial charge in [0.05, 0.1) is 19.2 Å². The standard InChI is InChI=1S/C32H32Cl2N2O6/c1-2-40-31(38)35-18-24(37)19-41-25-10-4-21(5-11-25)30-28-14-6-20-3-7-23(34)17-29(20)27(28)15-16-36(30)32(39)42-26-12-8-22(33)9-13-26/h3-5,7-13,17,24,30,37H,2,6,14-16,18-19H2,1H3,(H,35,38). The molecule has 1 aliphatic carbocycles. The Bertz CT molecular complexity index is 1460. The number of carbonyl (C=O) groups is 2. The normalized spacial score (nSPS) is 16.7. The highest BCUT2D eigenvalue weighted by Crippen LogP contribution is 2.46. The number of carbonyl (C=O) groups excluding carboxylic acids is 2. The number of nitrogens with zero attached hydrogens (tertiary/aromatic N) is 1. The van der Waals surface area contributed by atoms with Gasteiger partial charge in [0, 0.05) is 16.6 Å². The molecule has 10 heteroatoms. The van der Waals surface area contributed by atoms with Crippen LogP contribution in [0.4, 0.5) is 9.59 Å². The molecule has 0 fully saturated rings. The first kappa shape index (κ1) is 29.8. The van der Waals surface area contributed by atoms with Gasteiger partial charge >= 0.3 is 12.2 Å². The molecule has 5 rings (SSSR count). The minimum absolute atomic E-state index is 0.00606. The van der Waals surface area contributed by atoms with Crippen LogP contribution in [0.25, 0.3) is 5.57 Å². The van der Waals surface area contributed by atoms with Gasteiger partial charge in [-0.2, -0.15) is 0 Å². The summed E-state index contributed by atoms with van der Waals surface area (Å²) < 4.78 is 16.3. The van der Waals surface area contributed by atoms with Gasteiger partial charge in [-0.3, -0.25) is 4.90 Å². The van der Waals surface area contributed by atoms with Gasteiger partial charge in [-0.15, -0.1) is 0 Å². The Hall–Kier alpha value is -3.72. The van der Waals surface area contributed by atoms with Gasteiger partial charge in [-0.05, 0) is 103 Å². The molecule has 3 aromatic carbocycles. The van der Waals surface area contributed by atoms with Crippen molar-refractivity contribution in [2.75, 3.05) is 26.3 Å². The van der Waals surface area contributed by atoms with Crippen molar-refractivity contribution < 1.29 is 28.9 Å². The molecule has 8 nitrogen and oxygen atoms in total. The van der Waals surface area contributed by atoms with Crippen molar-refractivity contribution in [2.24, 2.45) is 0 Å². The Morgan fingerprint density at radius 1 is 0.976 bits per heavy atom. The van der Waals surface area contributed by atoms with E-state index in [0.717, 1.165) is 24.0 Å². The van der Waals surface area contributed by atoms with Gasteiger partial charge in [-0.25, -0.2) is 9.59 Å². The van der Waals surface area contributed by atoms with Gasteiger partial charge in [0.15, 0.2) is 0 Å². The number of alkyl carbamates (subject to hydrolysis) is 1. The molecule has 220 valence electrons. The van der Waals surface area contributed by atoms with E-state index < -0.39 is 18.3 Å². The third kappa shape index (κ3) is 7.01. The molecule has 42 heavy (non-hydrogen) atoms. The first-order valence-corrected chi connectivity index (χ1v) is 14.6. The number of benzene rings is 3. The number of rotatable bonds is 8. The van der Waals surface area contributed by atoms with Crippen LogP contribution < -0.4 is 14.8 Å². The maximum absolute atomic E-state index is 13.5. The van der Waals surface area contributed by atoms with Crippen molar-refractivity contribution in [3.63, 3.8) is 0 Å². The quantitative estimate of drug-likeness (QED) is 0.290. The van der Waals surface area contributed by atoms with Crippen LogP contribution in [-0.4, -0.2) is 54.6 Å². The van der Waals surface area contributed by atoms with Gasteiger partial charge in [0.25, 0.3) is 0 Å². The Labute approximate surface area is 254 Å². The highest BCUT2D eigenvalue weighted by atomic mass is 35.5. The number of nitrogens with one attached hydrogen (secondary N) is 1. The molecule has 3 aromatic rings. The number of aliphatic hydroxyl groups is 1. The second kappa shape index (κ2) is 13.5. The Morgan fingerprint density at radius 3 is 2.43 bits per heavy atom. The predicted molar refractivity (Wildman–Crippen MR) is 161 cm³/mol. The molecule has 0 bridgehead atoms. The third-order valence-electron chi connectivity index (χ3n) is 7.34. The van der Waals surface area contributed by atoms with E-state index in [2.05, 4.69) is 11.4 Å². The summed E-state index contributed by atoms with van der Waals surface area (Å²) in [6.07, 6.45) is 0.399. The number of amides is 2. The molecule has 2 aliphatic rings. The summed E-state index contributed by atoms with van der Waals surface area (Å²) in [7, 11) is 0. The van der Waals surface area contributed by atoms with Crippen LogP contribution in [-0.2, 0) is 11.2 Å². The third-order valence-corrected chi connectivity index (χ3v) is 7.83. The van der Waals surface area contributed by atoms with Crippen LogP contribution in [0.2, 0.25) is 10.0 Å². The van der Waals surface area contributed by atoms with E-state index in [4.69, 9.17) is 37.4 Å². The first-order chi connectivity index (χ1) is 20.3. The van der Waals surface area contributed by atoms with Crippen molar-refractivity contribution >= 4 is 41.0 Å². The van der Waals surface area contributed by atoms with E-state index in [9.17, 15) is 14.7 Å². The SMILES string of the molecule is CCOC(=O)NCC(O)COc1ccc(C2C3=C(CCN2C(=O)Oc2ccc(Cl)cc2)c2cc(Cl)ccc2CC3)cc1. The molecule has 0 radical (unpaired) electrons. The van der Waals surface area contributed by atoms with E-state index in [0.29, 0.717) is 34.5 Å². The summed E-state index contributed by atoms with van der Waals surface area (Å²) >= 11 is 12.4. The Morgan fingerprint density at radius 2 is 1.69 bits per heavy atom. The average molecular weight is 612 g/mol. The molecule has 0 saturated carbocycles. The summed E-state index contributed by atoms with van der Waals surface area (Å²) in [6, 6.07) is 19.9. The fourth-order valence-corrected chi connectivity index (χ4v) is 5.71. The zero-order valence-electron chi connectivity index (χ0n) is 23.1. The monoisotopic (exact) mass is 610 g/mol. The van der Waals surface area contributed by atoms with Crippen LogP contribution in [0, 0.1) is 0 Å². The number of hydrogen-bond donors (Lipinski definition) is 2. The van der Waals surface area contributed by atoms with Crippen LogP contribution in [0.3, 0.4) is 0 Å². The number of hydrogen-bond acceptors (Lipinski definition) is 6. The molecule has 2 atom stereocenters. The molecule has 1 aliphatic heterocycles. The number of aryl methyl sites for hydroxylation is 1. The molecular formula is C32H32Cl2N2O6. The molecule has 2 amide bonds. The second-order valence-corrected chi connectivity index (χ2v) is 11.0. The number of aliphatic hydroxyl groups excluding tert-OH is 1. The van der Waals surface area contributed by atoms with Crippen LogP contribution in [0.15, 0.2) is 72.3 Å². The second-order valence-electron chi connectivity index (χ2n) is 10.1. The van der Waals surface area contributed by atoms with E-state index in [-0.39, 0.29) is 25.8 Å². The van der Waals surface area contributed by atoms with E-state index in [1.165, 1.54) is 16.7 Å². The summed E-state index contributed by atoms with van der Waals surface area (Å²) in [4.78, 5) is 26.8. The highest BCUT2D eigenvalue weighted by molar-refractivity contribution is 6.31. The lowest BCUT2D eigenvalue weighted by Crippen LogP contribution is -2.42. The summed E-state index contributed by atoms with van der Waals surface area (Å²) in [5.41, 5.74) is 5.70. The minimum atomic E-state index is -0.910. The lowest BCUT2D eigenvalue weighted by molar-refractivity contribution is 0.0991. The smallest absolute Gasteiger partial charge is 0.416 e. The molecule has 0 spiro atoms. The molecule has 1 heterocycles. The molecule has 2 N–H and O–H groups in total. The number of fused-ring (bicyclic) bond motifs is 2. The van der Waals surface area contributed by atoms with E-state index >= 15 is 0 Å². The van der Waals surface area contributed by atoms with Crippen LogP contribution in [0.1, 0.15) is 42.5 Å². The van der Waals surface area contributed by atoms with Crippen molar-refractivity contribution in [1.29, 1.82) is 0 Å². The topological polar surface area (TPSA) is 97.3 Å². The molecular weight excluding hydrogens is 579 g/mol. The maximum atomic E-state index is 13.5. The summed E-state index contributed by atoms with van der Waals surface area (Å²) in [5.74, 6) is 0.971. The number of ether oxygens (including phenoxy) is 3. The predicted octanol–water partition coefficient (Wildman–Crippen LogP) is 6.83. The Balaban J connectivity index is 1.37. The fraction of sp³-hybridized carbons (Fsp3) is 0.312. The number of halogens is 2. The summed E-state index contributed by atoms with van der Waals surface area (Å²) in [5, 5.41) is 13.9. The van der Waals surface area contributed by atoms with Crippen molar-refractivity contribution in [2.45, 2.75) is 38.3 Å². The zero-order chi connectivity index (χ0) is 29.6. The maximum Gasteiger partial charge on any atom is 0.416 e. The minimum Gasteiger partial charge on any atom is -0.491 e. The lowest BCUT2D eigenvalue weighted by Gasteiger charge is -2.41. The van der Waals surface area contributed by atoms with E-state index in [1.807, 2.05) is 36.4 Å². The summed E-state index contributed by atoms with van der Waals surface area (Å²) in [6.45, 7) is 2.42. The fourth-order valence-electron chi connectivity index (χ4n) is 5.41. The molecule has 2 unspecified atom stereocenters. The average Bonchev–Trinajstić information content (AvgIpc) is 2.99. The largest absolute Gasteiger partial charge is 0.491 e. The van der Waals surface area contributed by atoms with Gasteiger partial charge < -0.3 is 24.6 Å². The zero-order valence-corrected chi connectivity index (χ0v) is 24.7. The van der Waals surface area contributed by atoms with E-state index in [1.54, 1.807) is 36.1 Å². The van der Waals surface area contributed by atoms with Crippen molar-refractivity contribution in [3.05, 3.63) is 99.0 Å². The van der Waals surface area contributed by atoms with Crippen LogP contribution in [0.5, 0.6) is 11.5 Å². The molecule has 0 saturated heterocycles. The van der Waals surface area contributed by atoms with Gasteiger partial charge in [0.1, 0.15) is 24.2 Å². The van der Waals surface area contributed by atoms with Gasteiger partial charge in [0.2, 0.25) is 0 Å². The highest BCUT2D eigenvalue weighted by Gasteiger charge is 2.37. The first-order valence-electron chi connectivity index (χ1n) is 13.9. The lowest BCUT2D eigenvalue weighted by atomic mass is 9.77. The van der Waals surface area contributed by atoms with Gasteiger partial charge in [-0.1, -0.05) is 41.4 Å².